The molecule has 0 aliphatic rings. The van der Waals surface area contributed by atoms with Crippen LogP contribution in [0, 0.1) is 12.7 Å². The van der Waals surface area contributed by atoms with Crippen molar-refractivity contribution in [2.45, 2.75) is 13.5 Å². The fourth-order valence-electron chi connectivity index (χ4n) is 1.83. The standard InChI is InChI=1S/C16H13FN2O2/c1-11-6-8-12(9-7-11)16-19-18-15(21-16)10-20-14-5-3-2-4-13(14)17/h2-9H,10H2,1H3. The number of benzene rings is 2. The molecule has 0 saturated carbocycles. The molecule has 0 unspecified atom stereocenters. The normalized spacial score (nSPS) is 10.6. The van der Waals surface area contributed by atoms with Crippen molar-refractivity contribution in [2.24, 2.45) is 0 Å². The van der Waals surface area contributed by atoms with Crippen LogP contribution in [-0.2, 0) is 6.61 Å². The third-order valence-electron chi connectivity index (χ3n) is 2.95. The maximum absolute atomic E-state index is 13.4. The first-order valence-corrected chi connectivity index (χ1v) is 6.49. The molecule has 0 fully saturated rings. The van der Waals surface area contributed by atoms with Crippen molar-refractivity contribution in [3.63, 3.8) is 0 Å². The quantitative estimate of drug-likeness (QED) is 0.732. The summed E-state index contributed by atoms with van der Waals surface area (Å²) in [5, 5.41) is 7.86. The third kappa shape index (κ3) is 3.08. The first kappa shape index (κ1) is 13.3. The molecule has 0 bridgehead atoms. The molecule has 0 amide bonds. The van der Waals surface area contributed by atoms with Gasteiger partial charge in [-0.25, -0.2) is 4.39 Å². The van der Waals surface area contributed by atoms with Gasteiger partial charge < -0.3 is 9.15 Å². The summed E-state index contributed by atoms with van der Waals surface area (Å²) in [6.45, 7) is 2.03. The van der Waals surface area contributed by atoms with Crippen molar-refractivity contribution in [2.75, 3.05) is 0 Å². The second kappa shape index (κ2) is 5.75. The summed E-state index contributed by atoms with van der Waals surface area (Å²) in [6.07, 6.45) is 0. The molecule has 3 rings (SSSR count). The van der Waals surface area contributed by atoms with E-state index in [1.165, 1.54) is 6.07 Å². The Morgan fingerprint density at radius 3 is 2.57 bits per heavy atom. The molecule has 0 aliphatic carbocycles. The highest BCUT2D eigenvalue weighted by Crippen LogP contribution is 2.20. The average Bonchev–Trinajstić information content (AvgIpc) is 2.96. The molecule has 106 valence electrons. The van der Waals surface area contributed by atoms with E-state index < -0.39 is 5.82 Å². The summed E-state index contributed by atoms with van der Waals surface area (Å²) >= 11 is 0. The van der Waals surface area contributed by atoms with Crippen molar-refractivity contribution in [1.29, 1.82) is 0 Å². The lowest BCUT2D eigenvalue weighted by atomic mass is 10.1. The fourth-order valence-corrected chi connectivity index (χ4v) is 1.83. The van der Waals surface area contributed by atoms with Crippen LogP contribution < -0.4 is 4.74 Å². The zero-order valence-corrected chi connectivity index (χ0v) is 11.4. The van der Waals surface area contributed by atoms with Crippen molar-refractivity contribution < 1.29 is 13.5 Å². The lowest BCUT2D eigenvalue weighted by Gasteiger charge is -2.03. The predicted octanol–water partition coefficient (Wildman–Crippen LogP) is 3.76. The van der Waals surface area contributed by atoms with Crippen LogP contribution in [0.5, 0.6) is 5.75 Å². The number of para-hydroxylation sites is 1. The number of aromatic nitrogens is 2. The summed E-state index contributed by atoms with van der Waals surface area (Å²) in [6, 6.07) is 13.9. The number of nitrogens with zero attached hydrogens (tertiary/aromatic N) is 2. The van der Waals surface area contributed by atoms with Crippen LogP contribution in [0.4, 0.5) is 4.39 Å². The van der Waals surface area contributed by atoms with Crippen LogP contribution in [0.2, 0.25) is 0 Å². The molecule has 21 heavy (non-hydrogen) atoms. The van der Waals surface area contributed by atoms with Crippen molar-refractivity contribution >= 4 is 0 Å². The largest absolute Gasteiger partial charge is 0.481 e. The van der Waals surface area contributed by atoms with Crippen LogP contribution in [0.25, 0.3) is 11.5 Å². The molecule has 0 N–H and O–H groups in total. The van der Waals surface area contributed by atoms with E-state index in [-0.39, 0.29) is 12.4 Å². The van der Waals surface area contributed by atoms with Gasteiger partial charge in [-0.1, -0.05) is 29.8 Å². The van der Waals surface area contributed by atoms with E-state index in [0.717, 1.165) is 11.1 Å². The van der Waals surface area contributed by atoms with E-state index in [1.807, 2.05) is 31.2 Å². The van der Waals surface area contributed by atoms with Crippen LogP contribution in [0.3, 0.4) is 0 Å². The molecule has 0 spiro atoms. The Balaban J connectivity index is 1.71. The number of ether oxygens (including phenoxy) is 1. The molecule has 5 heteroatoms. The Morgan fingerprint density at radius 1 is 1.05 bits per heavy atom. The van der Waals surface area contributed by atoms with E-state index >= 15 is 0 Å². The minimum absolute atomic E-state index is 0.0276. The Hall–Kier alpha value is -2.69. The third-order valence-corrected chi connectivity index (χ3v) is 2.95. The van der Waals surface area contributed by atoms with Crippen LogP contribution in [-0.4, -0.2) is 10.2 Å². The molecule has 0 saturated heterocycles. The summed E-state index contributed by atoms with van der Waals surface area (Å²) in [7, 11) is 0. The smallest absolute Gasteiger partial charge is 0.254 e. The Morgan fingerprint density at radius 2 is 1.81 bits per heavy atom. The molecule has 1 aromatic heterocycles. The van der Waals surface area contributed by atoms with Gasteiger partial charge in [-0.2, -0.15) is 0 Å². The van der Waals surface area contributed by atoms with Gasteiger partial charge in [0.05, 0.1) is 0 Å². The van der Waals surface area contributed by atoms with Gasteiger partial charge in [0.15, 0.2) is 18.2 Å². The number of halogens is 1. The molecule has 0 aliphatic heterocycles. The molecule has 0 atom stereocenters. The maximum atomic E-state index is 13.4. The van der Waals surface area contributed by atoms with E-state index in [9.17, 15) is 4.39 Å². The topological polar surface area (TPSA) is 48.2 Å². The van der Waals surface area contributed by atoms with E-state index in [4.69, 9.17) is 9.15 Å². The second-order valence-electron chi connectivity index (χ2n) is 4.59. The Labute approximate surface area is 121 Å². The summed E-state index contributed by atoms with van der Waals surface area (Å²) in [4.78, 5) is 0. The first-order valence-electron chi connectivity index (χ1n) is 6.49. The molecule has 1 heterocycles. The monoisotopic (exact) mass is 284 g/mol. The SMILES string of the molecule is Cc1ccc(-c2nnc(COc3ccccc3F)o2)cc1. The zero-order valence-electron chi connectivity index (χ0n) is 11.4. The number of rotatable bonds is 4. The minimum atomic E-state index is -0.421. The Bertz CT molecular complexity index is 738. The first-order chi connectivity index (χ1) is 10.2. The average molecular weight is 284 g/mol. The summed E-state index contributed by atoms with van der Waals surface area (Å²) in [5.41, 5.74) is 1.99. The predicted molar refractivity (Wildman–Crippen MR) is 75.2 cm³/mol. The number of hydrogen-bond donors (Lipinski definition) is 0. The van der Waals surface area contributed by atoms with Gasteiger partial charge in [-0.15, -0.1) is 10.2 Å². The molecule has 3 aromatic rings. The van der Waals surface area contributed by atoms with Crippen molar-refractivity contribution in [1.82, 2.24) is 10.2 Å². The minimum Gasteiger partial charge on any atom is -0.481 e. The van der Waals surface area contributed by atoms with Gasteiger partial charge in [-0.05, 0) is 31.2 Å². The van der Waals surface area contributed by atoms with Crippen LogP contribution in [0.1, 0.15) is 11.5 Å². The van der Waals surface area contributed by atoms with E-state index in [1.54, 1.807) is 18.2 Å². The molecular formula is C16H13FN2O2. The highest BCUT2D eigenvalue weighted by molar-refractivity contribution is 5.52. The second-order valence-corrected chi connectivity index (χ2v) is 4.59. The van der Waals surface area contributed by atoms with Gasteiger partial charge in [0.25, 0.3) is 5.89 Å². The van der Waals surface area contributed by atoms with E-state index in [0.29, 0.717) is 11.8 Å². The van der Waals surface area contributed by atoms with Crippen molar-refractivity contribution in [3.8, 4) is 17.2 Å². The van der Waals surface area contributed by atoms with Gasteiger partial charge in [0.2, 0.25) is 5.89 Å². The molecule has 2 aromatic carbocycles. The summed E-state index contributed by atoms with van der Waals surface area (Å²) < 4.78 is 24.2. The molecule has 0 radical (unpaired) electrons. The summed E-state index contributed by atoms with van der Waals surface area (Å²) in [5.74, 6) is 0.458. The molecular weight excluding hydrogens is 271 g/mol. The Kier molecular flexibility index (Phi) is 3.64. The van der Waals surface area contributed by atoms with Crippen molar-refractivity contribution in [3.05, 3.63) is 65.8 Å². The highest BCUT2D eigenvalue weighted by Gasteiger charge is 2.10. The lowest BCUT2D eigenvalue weighted by Crippen LogP contribution is -1.97. The van der Waals surface area contributed by atoms with Gasteiger partial charge in [0, 0.05) is 5.56 Å². The number of hydrogen-bond acceptors (Lipinski definition) is 4. The number of aryl methyl sites for hydroxylation is 1. The zero-order chi connectivity index (χ0) is 14.7. The van der Waals surface area contributed by atoms with Gasteiger partial charge in [-0.3, -0.25) is 0 Å². The molecule has 4 nitrogen and oxygen atoms in total. The van der Waals surface area contributed by atoms with Crippen LogP contribution >= 0.6 is 0 Å². The van der Waals surface area contributed by atoms with Gasteiger partial charge >= 0.3 is 0 Å². The lowest BCUT2D eigenvalue weighted by molar-refractivity contribution is 0.253. The fraction of sp³-hybridized carbons (Fsp3) is 0.125. The highest BCUT2D eigenvalue weighted by atomic mass is 19.1. The van der Waals surface area contributed by atoms with Crippen LogP contribution in [0.15, 0.2) is 52.9 Å². The maximum Gasteiger partial charge on any atom is 0.254 e. The van der Waals surface area contributed by atoms with Gasteiger partial charge in [0.1, 0.15) is 0 Å². The van der Waals surface area contributed by atoms with E-state index in [2.05, 4.69) is 10.2 Å².